The van der Waals surface area contributed by atoms with Gasteiger partial charge in [0.15, 0.2) is 23.9 Å². The zero-order chi connectivity index (χ0) is 36.2. The van der Waals surface area contributed by atoms with Crippen molar-refractivity contribution in [1.29, 1.82) is 0 Å². The molecule has 0 aromatic heterocycles. The summed E-state index contributed by atoms with van der Waals surface area (Å²) in [5.41, 5.74) is 0.594. The van der Waals surface area contributed by atoms with Crippen LogP contribution in [0.1, 0.15) is 46.6 Å². The number of carbonyl (C=O) groups excluding carboxylic acids is 8. The van der Waals surface area contributed by atoms with Crippen LogP contribution in [0.25, 0.3) is 0 Å². The van der Waals surface area contributed by atoms with Crippen molar-refractivity contribution in [3.8, 4) is 0 Å². The van der Waals surface area contributed by atoms with Gasteiger partial charge in [-0.2, -0.15) is 0 Å². The Balaban J connectivity index is 2.66. The van der Waals surface area contributed by atoms with Crippen LogP contribution in [0, 0.1) is 0 Å². The van der Waals surface area contributed by atoms with E-state index in [9.17, 15) is 38.4 Å². The van der Waals surface area contributed by atoms with Gasteiger partial charge in [0.05, 0.1) is 26.1 Å². The highest BCUT2D eigenvalue weighted by Gasteiger charge is 2.59. The predicted molar refractivity (Wildman–Crippen MR) is 166 cm³/mol. The number of amides is 2. The molecule has 2 amide bonds. The first-order valence-electron chi connectivity index (χ1n) is 14.4. The summed E-state index contributed by atoms with van der Waals surface area (Å²) in [6.07, 6.45) is -7.17. The number of ether oxygens (including phenoxy) is 6. The van der Waals surface area contributed by atoms with E-state index in [0.717, 1.165) is 41.7 Å². The van der Waals surface area contributed by atoms with Crippen molar-refractivity contribution in [2.75, 3.05) is 20.3 Å². The van der Waals surface area contributed by atoms with E-state index >= 15 is 0 Å². The Labute approximate surface area is 285 Å². The first kappa shape index (κ1) is 40.0. The van der Waals surface area contributed by atoms with Gasteiger partial charge in [0.25, 0.3) is 5.91 Å². The topological polar surface area (TPSA) is 216 Å². The van der Waals surface area contributed by atoms with Crippen molar-refractivity contribution in [3.05, 3.63) is 34.9 Å². The van der Waals surface area contributed by atoms with E-state index in [-0.39, 0.29) is 6.42 Å². The highest BCUT2D eigenvalue weighted by molar-refractivity contribution is 8.15. The molecule has 1 aliphatic heterocycles. The molecule has 48 heavy (non-hydrogen) atoms. The second-order valence-corrected chi connectivity index (χ2v) is 12.4. The zero-order valence-corrected chi connectivity index (χ0v) is 28.6. The molecule has 1 aromatic rings. The van der Waals surface area contributed by atoms with Crippen molar-refractivity contribution in [2.45, 2.75) is 82.9 Å². The van der Waals surface area contributed by atoms with E-state index in [0.29, 0.717) is 22.3 Å². The molecule has 2 rings (SSSR count). The lowest BCUT2D eigenvalue weighted by Gasteiger charge is -2.48. The first-order valence-corrected chi connectivity index (χ1v) is 15.6. The number of carbonyl (C=O) groups is 8. The zero-order valence-electron chi connectivity index (χ0n) is 27.0. The average molecular weight is 717 g/mol. The van der Waals surface area contributed by atoms with Crippen molar-refractivity contribution in [1.82, 2.24) is 10.6 Å². The molecule has 2 N–H and O–H groups in total. The van der Waals surface area contributed by atoms with E-state index in [4.69, 9.17) is 40.0 Å². The molecule has 1 heterocycles. The minimum Gasteiger partial charge on any atom is -0.466 e. The Morgan fingerprint density at radius 3 is 2.06 bits per heavy atom. The lowest BCUT2D eigenvalue weighted by atomic mass is 9.89. The Hall–Kier alpha value is -4.22. The Morgan fingerprint density at radius 1 is 0.917 bits per heavy atom. The maximum Gasteiger partial charge on any atom is 0.349 e. The fourth-order valence-electron chi connectivity index (χ4n) is 4.79. The fourth-order valence-corrected chi connectivity index (χ4v) is 5.95. The summed E-state index contributed by atoms with van der Waals surface area (Å²) in [5, 5.41) is 4.91. The van der Waals surface area contributed by atoms with Gasteiger partial charge >= 0.3 is 29.8 Å². The fraction of sp³-hybridized carbons (Fsp3) is 0.533. The molecular weight excluding hydrogens is 680 g/mol. The predicted octanol–water partition coefficient (Wildman–Crippen LogP) is 0.780. The van der Waals surface area contributed by atoms with Crippen LogP contribution in [0.3, 0.4) is 0 Å². The van der Waals surface area contributed by atoms with Crippen LogP contribution < -0.4 is 10.6 Å². The van der Waals surface area contributed by atoms with E-state index in [1.165, 1.54) is 0 Å². The normalized spacial score (nSPS) is 21.4. The van der Waals surface area contributed by atoms with E-state index in [1.54, 1.807) is 24.3 Å². The molecule has 18 heteroatoms. The average Bonchev–Trinajstić information content (AvgIpc) is 2.98. The van der Waals surface area contributed by atoms with Gasteiger partial charge in [-0.3, -0.25) is 33.6 Å². The summed E-state index contributed by atoms with van der Waals surface area (Å²) in [7, 11) is 1.01. The Morgan fingerprint density at radius 2 is 1.54 bits per heavy atom. The van der Waals surface area contributed by atoms with E-state index < -0.39 is 102 Å². The van der Waals surface area contributed by atoms with Gasteiger partial charge in [-0.25, -0.2) is 4.79 Å². The molecule has 1 aromatic carbocycles. The van der Waals surface area contributed by atoms with Crippen LogP contribution in [0.5, 0.6) is 0 Å². The van der Waals surface area contributed by atoms with Gasteiger partial charge < -0.3 is 39.1 Å². The molecule has 0 unspecified atom stereocenters. The van der Waals surface area contributed by atoms with Crippen LogP contribution in [-0.4, -0.2) is 102 Å². The largest absolute Gasteiger partial charge is 0.466 e. The second kappa shape index (κ2) is 18.4. The molecule has 6 atom stereocenters. The minimum atomic E-state index is -2.24. The highest BCUT2D eigenvalue weighted by atomic mass is 35.5. The van der Waals surface area contributed by atoms with Gasteiger partial charge in [-0.1, -0.05) is 23.7 Å². The maximum atomic E-state index is 13.2. The number of methoxy groups -OCH3 is 1. The Kier molecular flexibility index (Phi) is 15.3. The number of benzene rings is 1. The third-order valence-electron chi connectivity index (χ3n) is 6.50. The standard InChI is InChI=1S/C30H37ClN2O14S/c1-15(34)43-14-25(40)33-26-22(44-16(2)35)12-30(29(41)42-6,48-19(5)38)47-28(26)27(46-18(4)37)23(45-17(3)36)13-32-24(39)11-20-7-9-21(31)10-8-20/h7-10,22-23,26-28H,11-14H2,1-6H3,(H,32,39)(H,33,40)/t22-,23+,26+,27+,28+,30-/m0/s1. The van der Waals surface area contributed by atoms with Crippen molar-refractivity contribution < 1.29 is 66.8 Å². The second-order valence-electron chi connectivity index (χ2n) is 10.5. The first-order chi connectivity index (χ1) is 22.5. The molecule has 16 nitrogen and oxygen atoms in total. The lowest BCUT2D eigenvalue weighted by Crippen LogP contribution is -2.68. The molecule has 1 aliphatic rings. The number of nitrogens with one attached hydrogen (secondary N) is 2. The van der Waals surface area contributed by atoms with E-state index in [1.807, 2.05) is 0 Å². The summed E-state index contributed by atoms with van der Waals surface area (Å²) < 4.78 is 32.4. The van der Waals surface area contributed by atoms with Crippen LogP contribution in [0.4, 0.5) is 0 Å². The number of halogens is 1. The number of thioether (sulfide) groups is 1. The Bertz CT molecular complexity index is 1390. The van der Waals surface area contributed by atoms with Crippen LogP contribution in [0.2, 0.25) is 5.02 Å². The van der Waals surface area contributed by atoms with Crippen molar-refractivity contribution in [3.63, 3.8) is 0 Å². The number of hydrogen-bond donors (Lipinski definition) is 2. The van der Waals surface area contributed by atoms with Crippen LogP contribution in [-0.2, 0) is 73.2 Å². The third-order valence-corrected chi connectivity index (χ3v) is 7.79. The number of rotatable bonds is 14. The monoisotopic (exact) mass is 716 g/mol. The smallest absolute Gasteiger partial charge is 0.349 e. The summed E-state index contributed by atoms with van der Waals surface area (Å²) >= 11 is 6.28. The van der Waals surface area contributed by atoms with Crippen molar-refractivity contribution >= 4 is 70.1 Å². The van der Waals surface area contributed by atoms with Gasteiger partial charge in [0, 0.05) is 46.1 Å². The molecule has 0 spiro atoms. The molecule has 0 radical (unpaired) electrons. The van der Waals surface area contributed by atoms with Gasteiger partial charge in [0.1, 0.15) is 12.2 Å². The quantitative estimate of drug-likeness (QED) is 0.201. The lowest BCUT2D eigenvalue weighted by molar-refractivity contribution is -0.221. The number of hydrogen-bond acceptors (Lipinski definition) is 15. The molecule has 0 saturated carbocycles. The molecule has 264 valence electrons. The number of esters is 5. The summed E-state index contributed by atoms with van der Waals surface area (Å²) in [6.45, 7) is 4.01. The molecular formula is C30H37ClN2O14S. The maximum absolute atomic E-state index is 13.2. The SMILES string of the molecule is COC(=O)[C@@]1(SC(C)=O)C[C@H](OC(C)=O)[C@@H](NC(=O)COC(C)=O)[C@H]([C@H](OC(C)=O)[C@@H](CNC(=O)Cc2ccc(Cl)cc2)OC(C)=O)O1. The van der Waals surface area contributed by atoms with E-state index in [2.05, 4.69) is 10.6 Å². The van der Waals surface area contributed by atoms with Crippen LogP contribution in [0.15, 0.2) is 24.3 Å². The molecule has 1 fully saturated rings. The minimum absolute atomic E-state index is 0.119. The summed E-state index contributed by atoms with van der Waals surface area (Å²) in [5.74, 6) is -6.06. The third kappa shape index (κ3) is 12.4. The van der Waals surface area contributed by atoms with Gasteiger partial charge in [-0.15, -0.1) is 0 Å². The van der Waals surface area contributed by atoms with Gasteiger partial charge in [-0.05, 0) is 29.5 Å². The highest BCUT2D eigenvalue weighted by Crippen LogP contribution is 2.43. The summed E-state index contributed by atoms with van der Waals surface area (Å²) in [6, 6.07) is 4.94. The summed E-state index contributed by atoms with van der Waals surface area (Å²) in [4.78, 5) is 97.6. The molecule has 0 bridgehead atoms. The van der Waals surface area contributed by atoms with Crippen LogP contribution >= 0.6 is 23.4 Å². The van der Waals surface area contributed by atoms with Gasteiger partial charge in [0.2, 0.25) is 10.8 Å². The molecule has 1 saturated heterocycles. The molecule has 0 aliphatic carbocycles. The van der Waals surface area contributed by atoms with Crippen molar-refractivity contribution in [2.24, 2.45) is 0 Å².